The highest BCUT2D eigenvalue weighted by Crippen LogP contribution is 2.44. The molecular formula is C24H27NO5S. The van der Waals surface area contributed by atoms with Crippen LogP contribution in [0, 0.1) is 5.92 Å². The van der Waals surface area contributed by atoms with Crippen LogP contribution in [0.15, 0.2) is 48.5 Å². The molecule has 1 aliphatic heterocycles. The van der Waals surface area contributed by atoms with Crippen molar-refractivity contribution in [1.29, 1.82) is 0 Å². The molecular weight excluding hydrogens is 414 g/mol. The number of ether oxygens (including phenoxy) is 3. The Kier molecular flexibility index (Phi) is 7.35. The summed E-state index contributed by atoms with van der Waals surface area (Å²) in [7, 11) is 0. The Morgan fingerprint density at radius 2 is 1.65 bits per heavy atom. The molecule has 1 amide bonds. The van der Waals surface area contributed by atoms with Crippen LogP contribution >= 0.6 is 11.8 Å². The largest absolute Gasteiger partial charge is 0.508 e. The van der Waals surface area contributed by atoms with Crippen LogP contribution in [0.2, 0.25) is 0 Å². The van der Waals surface area contributed by atoms with Crippen LogP contribution in [0.5, 0.6) is 0 Å². The van der Waals surface area contributed by atoms with E-state index in [1.807, 2.05) is 24.3 Å². The fourth-order valence-electron chi connectivity index (χ4n) is 4.08. The summed E-state index contributed by atoms with van der Waals surface area (Å²) in [5, 5.41) is 2.84. The first kappa shape index (κ1) is 21.6. The van der Waals surface area contributed by atoms with Crippen LogP contribution in [0.4, 0.5) is 9.59 Å². The van der Waals surface area contributed by atoms with Crippen molar-refractivity contribution in [3.8, 4) is 11.1 Å². The van der Waals surface area contributed by atoms with E-state index in [0.717, 1.165) is 24.3 Å². The Bertz CT molecular complexity index is 863. The smallest absolute Gasteiger partial charge is 0.449 e. The summed E-state index contributed by atoms with van der Waals surface area (Å²) in [6, 6.07) is 16.6. The number of thioether (sulfide) groups is 1. The Morgan fingerprint density at radius 3 is 2.32 bits per heavy atom. The summed E-state index contributed by atoms with van der Waals surface area (Å²) < 4.78 is 15.3. The molecule has 0 aromatic heterocycles. The predicted molar refractivity (Wildman–Crippen MR) is 120 cm³/mol. The molecule has 1 saturated heterocycles. The number of alkyl carbamates (subject to hydrolysis) is 1. The molecule has 1 N–H and O–H groups in total. The first-order chi connectivity index (χ1) is 15.2. The maximum absolute atomic E-state index is 12.1. The second-order valence-electron chi connectivity index (χ2n) is 7.74. The molecule has 1 heterocycles. The molecule has 0 atom stereocenters. The van der Waals surface area contributed by atoms with Gasteiger partial charge in [-0.25, -0.2) is 9.59 Å². The zero-order valence-electron chi connectivity index (χ0n) is 17.4. The Hall–Kier alpha value is -2.67. The maximum Gasteiger partial charge on any atom is 0.508 e. The van der Waals surface area contributed by atoms with Crippen LogP contribution < -0.4 is 5.32 Å². The minimum absolute atomic E-state index is 0.0792. The van der Waals surface area contributed by atoms with Gasteiger partial charge in [0, 0.05) is 24.1 Å². The first-order valence-electron chi connectivity index (χ1n) is 10.7. The molecule has 2 aliphatic rings. The van der Waals surface area contributed by atoms with Crippen LogP contribution in [-0.4, -0.2) is 50.1 Å². The number of rotatable bonds is 9. The fourth-order valence-corrected chi connectivity index (χ4v) is 4.90. The summed E-state index contributed by atoms with van der Waals surface area (Å²) in [5.41, 5.74) is 4.87. The Balaban J connectivity index is 1.12. The predicted octanol–water partition coefficient (Wildman–Crippen LogP) is 4.82. The van der Waals surface area contributed by atoms with E-state index >= 15 is 0 Å². The maximum atomic E-state index is 12.1. The monoisotopic (exact) mass is 441 g/mol. The lowest BCUT2D eigenvalue weighted by Crippen LogP contribution is -2.28. The Labute approximate surface area is 186 Å². The quantitative estimate of drug-likeness (QED) is 0.444. The molecule has 0 spiro atoms. The molecule has 2 aromatic carbocycles. The zero-order valence-corrected chi connectivity index (χ0v) is 18.2. The second kappa shape index (κ2) is 10.6. The van der Waals surface area contributed by atoms with Gasteiger partial charge in [0.15, 0.2) is 0 Å². The number of hydrogen-bond acceptors (Lipinski definition) is 6. The number of nitrogens with one attached hydrogen (secondary N) is 1. The number of carbonyl (C=O) groups is 2. The second-order valence-corrected chi connectivity index (χ2v) is 8.97. The lowest BCUT2D eigenvalue weighted by molar-refractivity contribution is -0.0140. The SMILES string of the molecule is O=C(NCCSCCCC1COC(=O)OC1)OCC1c2ccccc2-c2ccccc21. The van der Waals surface area contributed by atoms with Crippen LogP contribution in [0.25, 0.3) is 11.1 Å². The molecule has 0 radical (unpaired) electrons. The molecule has 0 unspecified atom stereocenters. The van der Waals surface area contributed by atoms with Crippen LogP contribution in [0.1, 0.15) is 29.9 Å². The molecule has 1 fully saturated rings. The molecule has 164 valence electrons. The summed E-state index contributed by atoms with van der Waals surface area (Å²) >= 11 is 1.79. The van der Waals surface area contributed by atoms with Crippen molar-refractivity contribution >= 4 is 24.0 Å². The van der Waals surface area contributed by atoms with Crippen molar-refractivity contribution in [2.24, 2.45) is 5.92 Å². The minimum Gasteiger partial charge on any atom is -0.449 e. The van der Waals surface area contributed by atoms with Crippen LogP contribution in [0.3, 0.4) is 0 Å². The van der Waals surface area contributed by atoms with Gasteiger partial charge in [-0.1, -0.05) is 48.5 Å². The van der Waals surface area contributed by atoms with Gasteiger partial charge < -0.3 is 19.5 Å². The van der Waals surface area contributed by atoms with E-state index in [4.69, 9.17) is 14.2 Å². The first-order valence-corrected chi connectivity index (χ1v) is 11.8. The third-order valence-corrected chi connectivity index (χ3v) is 6.70. The minimum atomic E-state index is -0.565. The van der Waals surface area contributed by atoms with E-state index in [0.29, 0.717) is 26.4 Å². The highest BCUT2D eigenvalue weighted by atomic mass is 32.2. The van der Waals surface area contributed by atoms with Gasteiger partial charge in [0.25, 0.3) is 0 Å². The molecule has 4 rings (SSSR count). The zero-order chi connectivity index (χ0) is 21.5. The summed E-state index contributed by atoms with van der Waals surface area (Å²) in [5.74, 6) is 2.20. The van der Waals surface area contributed by atoms with Gasteiger partial charge in [-0.3, -0.25) is 0 Å². The Morgan fingerprint density at radius 1 is 1.00 bits per heavy atom. The van der Waals surface area contributed by atoms with Crippen molar-refractivity contribution in [2.45, 2.75) is 18.8 Å². The van der Waals surface area contributed by atoms with E-state index in [9.17, 15) is 9.59 Å². The molecule has 2 aromatic rings. The van der Waals surface area contributed by atoms with E-state index in [1.165, 1.54) is 22.3 Å². The summed E-state index contributed by atoms with van der Waals surface area (Å²) in [4.78, 5) is 23.0. The van der Waals surface area contributed by atoms with E-state index in [-0.39, 0.29) is 17.9 Å². The van der Waals surface area contributed by atoms with Crippen molar-refractivity contribution in [3.63, 3.8) is 0 Å². The van der Waals surface area contributed by atoms with Gasteiger partial charge in [0.1, 0.15) is 19.8 Å². The van der Waals surface area contributed by atoms with Crippen molar-refractivity contribution in [1.82, 2.24) is 5.32 Å². The number of hydrogen-bond donors (Lipinski definition) is 1. The van der Waals surface area contributed by atoms with Gasteiger partial charge in [-0.15, -0.1) is 0 Å². The van der Waals surface area contributed by atoms with Gasteiger partial charge in [0.05, 0.1) is 0 Å². The normalized spacial score (nSPS) is 15.5. The molecule has 0 saturated carbocycles. The third-order valence-electron chi connectivity index (χ3n) is 5.63. The van der Waals surface area contributed by atoms with Gasteiger partial charge in [-0.2, -0.15) is 11.8 Å². The molecule has 0 bridgehead atoms. The third kappa shape index (κ3) is 5.53. The van der Waals surface area contributed by atoms with Gasteiger partial charge in [-0.05, 0) is 40.8 Å². The standard InChI is InChI=1S/C24H27NO5S/c26-23(25-11-13-31-12-5-6-17-14-29-24(27)30-15-17)28-16-22-20-9-3-1-7-18(20)19-8-2-4-10-21(19)22/h1-4,7-10,17,22H,5-6,11-16H2,(H,25,26). The lowest BCUT2D eigenvalue weighted by Gasteiger charge is -2.21. The number of benzene rings is 2. The topological polar surface area (TPSA) is 73.9 Å². The van der Waals surface area contributed by atoms with E-state index in [2.05, 4.69) is 29.6 Å². The molecule has 1 aliphatic carbocycles. The molecule has 6 nitrogen and oxygen atoms in total. The van der Waals surface area contributed by atoms with Crippen molar-refractivity contribution in [2.75, 3.05) is 37.9 Å². The highest BCUT2D eigenvalue weighted by Gasteiger charge is 2.28. The summed E-state index contributed by atoms with van der Waals surface area (Å²) in [6.45, 7) is 1.81. The molecule has 7 heteroatoms. The van der Waals surface area contributed by atoms with Gasteiger partial charge >= 0.3 is 12.2 Å². The summed E-state index contributed by atoms with van der Waals surface area (Å²) in [6.07, 6.45) is 1.06. The van der Waals surface area contributed by atoms with Gasteiger partial charge in [0.2, 0.25) is 0 Å². The highest BCUT2D eigenvalue weighted by molar-refractivity contribution is 7.99. The fraction of sp³-hybridized carbons (Fsp3) is 0.417. The average Bonchev–Trinajstić information content (AvgIpc) is 3.12. The van der Waals surface area contributed by atoms with E-state index < -0.39 is 6.16 Å². The van der Waals surface area contributed by atoms with Crippen molar-refractivity contribution in [3.05, 3.63) is 59.7 Å². The average molecular weight is 442 g/mol. The van der Waals surface area contributed by atoms with Crippen molar-refractivity contribution < 1.29 is 23.8 Å². The number of fused-ring (bicyclic) bond motifs is 3. The van der Waals surface area contributed by atoms with E-state index in [1.54, 1.807) is 11.8 Å². The lowest BCUT2D eigenvalue weighted by atomic mass is 9.98. The van der Waals surface area contributed by atoms with Crippen LogP contribution in [-0.2, 0) is 14.2 Å². The molecule has 31 heavy (non-hydrogen) atoms. The number of amides is 1. The number of carbonyl (C=O) groups excluding carboxylic acids is 2. The number of cyclic esters (lactones) is 2.